The van der Waals surface area contributed by atoms with Gasteiger partial charge in [0, 0.05) is 10.0 Å². The van der Waals surface area contributed by atoms with Crippen LogP contribution in [-0.2, 0) is 9.53 Å². The van der Waals surface area contributed by atoms with E-state index in [2.05, 4.69) is 4.99 Å². The van der Waals surface area contributed by atoms with Gasteiger partial charge in [-0.1, -0.05) is 70.9 Å². The van der Waals surface area contributed by atoms with Gasteiger partial charge in [-0.05, 0) is 43.2 Å². The van der Waals surface area contributed by atoms with Crippen molar-refractivity contribution in [1.82, 2.24) is 4.57 Å². The maximum atomic E-state index is 13.5. The van der Waals surface area contributed by atoms with Crippen LogP contribution in [0.3, 0.4) is 0 Å². The Balaban J connectivity index is 0.00000103. The Morgan fingerprint density at radius 2 is 1.85 bits per heavy atom. The Labute approximate surface area is 220 Å². The van der Waals surface area contributed by atoms with E-state index in [9.17, 15) is 9.59 Å². The summed E-state index contributed by atoms with van der Waals surface area (Å²) in [6.45, 7) is 3.74. The first-order valence-corrected chi connectivity index (χ1v) is 12.8. The number of nitrogens with zero attached hydrogens (tertiary/aromatic N) is 2. The smallest absolute Gasteiger partial charge is 0.338 e. The first kappa shape index (κ1) is 26.5. The molecule has 0 N–H and O–H groups in total. The molecular weight excluding hydrogens is 538 g/mol. The van der Waals surface area contributed by atoms with E-state index in [1.165, 1.54) is 11.3 Å². The second-order valence-electron chi connectivity index (χ2n) is 6.98. The van der Waals surface area contributed by atoms with Gasteiger partial charge < -0.3 is 4.74 Å². The molecule has 5 nitrogen and oxygen atoms in total. The van der Waals surface area contributed by atoms with Gasteiger partial charge >= 0.3 is 5.97 Å². The second-order valence-corrected chi connectivity index (χ2v) is 9.64. The lowest BCUT2D eigenvalue weighted by atomic mass is 9.96. The quantitative estimate of drug-likeness (QED) is 0.313. The number of fused-ring (bicyclic) bond motifs is 1. The summed E-state index contributed by atoms with van der Waals surface area (Å²) in [6.07, 6.45) is 1.72. The summed E-state index contributed by atoms with van der Waals surface area (Å²) in [7, 11) is 0. The summed E-state index contributed by atoms with van der Waals surface area (Å²) in [5.41, 5.74) is 2.12. The van der Waals surface area contributed by atoms with Crippen LogP contribution in [0.1, 0.15) is 31.0 Å². The first-order valence-electron chi connectivity index (χ1n) is 10.1. The molecule has 3 aromatic rings. The molecule has 34 heavy (non-hydrogen) atoms. The molecule has 1 aliphatic heterocycles. The molecule has 0 amide bonds. The lowest BCUT2D eigenvalue weighted by Crippen LogP contribution is -2.39. The van der Waals surface area contributed by atoms with Gasteiger partial charge in [-0.2, -0.15) is 0 Å². The standard InChI is InChI=1S/C23H18Cl2N2O3S.CH2Cl2/c1-3-30-22(29)19-13(2)26-23-27(20(19)14-7-5-4-6-8-14)21(28)18(31-23)11-15-9-10-16(24)12-17(15)25;2-1-3/h4-12,20H,3H2,1-2H3;1H2/b18-11-;/t20-;/m0./s1. The fraction of sp³-hybridized carbons (Fsp3) is 0.208. The molecule has 2 heterocycles. The van der Waals surface area contributed by atoms with Crippen molar-refractivity contribution in [2.24, 2.45) is 4.99 Å². The number of carbonyl (C=O) groups is 1. The molecule has 178 valence electrons. The van der Waals surface area contributed by atoms with Gasteiger partial charge in [0.1, 0.15) is 0 Å². The van der Waals surface area contributed by atoms with Gasteiger partial charge in [0.15, 0.2) is 4.80 Å². The lowest BCUT2D eigenvalue weighted by molar-refractivity contribution is -0.139. The fourth-order valence-electron chi connectivity index (χ4n) is 3.50. The number of halogens is 4. The highest BCUT2D eigenvalue weighted by atomic mass is 35.5. The van der Waals surface area contributed by atoms with Gasteiger partial charge in [0.2, 0.25) is 0 Å². The zero-order chi connectivity index (χ0) is 24.8. The Bertz CT molecular complexity index is 1400. The number of alkyl halides is 2. The van der Waals surface area contributed by atoms with E-state index in [0.717, 1.165) is 5.56 Å². The van der Waals surface area contributed by atoms with Crippen molar-refractivity contribution in [1.29, 1.82) is 0 Å². The van der Waals surface area contributed by atoms with Gasteiger partial charge in [-0.15, -0.1) is 23.2 Å². The Kier molecular flexibility index (Phi) is 9.39. The number of aromatic nitrogens is 1. The number of benzene rings is 2. The summed E-state index contributed by atoms with van der Waals surface area (Å²) in [5, 5.41) is 1.16. The van der Waals surface area contributed by atoms with Crippen molar-refractivity contribution in [3.05, 3.63) is 101 Å². The van der Waals surface area contributed by atoms with E-state index >= 15 is 0 Å². The molecule has 0 aliphatic carbocycles. The van der Waals surface area contributed by atoms with Crippen LogP contribution in [0.15, 0.2) is 69.6 Å². The Hall–Kier alpha value is -2.09. The van der Waals surface area contributed by atoms with Crippen LogP contribution >= 0.6 is 57.7 Å². The number of allylic oxidation sites excluding steroid dienone is 1. The molecule has 1 aliphatic rings. The third kappa shape index (κ3) is 5.75. The minimum atomic E-state index is -0.626. The van der Waals surface area contributed by atoms with Gasteiger partial charge in [-0.25, -0.2) is 9.79 Å². The van der Waals surface area contributed by atoms with E-state index in [4.69, 9.17) is 51.1 Å². The van der Waals surface area contributed by atoms with Gasteiger partial charge in [-0.3, -0.25) is 9.36 Å². The highest BCUT2D eigenvalue weighted by Gasteiger charge is 2.33. The zero-order valence-corrected chi connectivity index (χ0v) is 22.1. The van der Waals surface area contributed by atoms with Crippen molar-refractivity contribution in [3.8, 4) is 0 Å². The summed E-state index contributed by atoms with van der Waals surface area (Å²) in [5.74, 6) is -0.479. The van der Waals surface area contributed by atoms with Gasteiger partial charge in [0.05, 0.1) is 33.8 Å². The third-order valence-electron chi connectivity index (χ3n) is 4.88. The average Bonchev–Trinajstić information content (AvgIpc) is 3.10. The topological polar surface area (TPSA) is 60.7 Å². The minimum absolute atomic E-state index is 0.194. The molecule has 0 bridgehead atoms. The summed E-state index contributed by atoms with van der Waals surface area (Å²) < 4.78 is 7.29. The molecule has 10 heteroatoms. The van der Waals surface area contributed by atoms with Crippen LogP contribution in [0.5, 0.6) is 0 Å². The molecule has 0 spiro atoms. The fourth-order valence-corrected chi connectivity index (χ4v) is 5.00. The Morgan fingerprint density at radius 1 is 1.18 bits per heavy atom. The van der Waals surface area contributed by atoms with Crippen molar-refractivity contribution in [2.75, 3.05) is 11.9 Å². The lowest BCUT2D eigenvalue weighted by Gasteiger charge is -2.24. The largest absolute Gasteiger partial charge is 0.463 e. The normalized spacial score (nSPS) is 15.2. The molecule has 1 aromatic heterocycles. The van der Waals surface area contributed by atoms with E-state index in [1.807, 2.05) is 30.3 Å². The van der Waals surface area contributed by atoms with Crippen molar-refractivity contribution in [3.63, 3.8) is 0 Å². The molecule has 4 rings (SSSR count). The summed E-state index contributed by atoms with van der Waals surface area (Å²) in [6, 6.07) is 13.9. The highest BCUT2D eigenvalue weighted by molar-refractivity contribution is 7.07. The zero-order valence-electron chi connectivity index (χ0n) is 18.2. The van der Waals surface area contributed by atoms with Crippen LogP contribution in [0.25, 0.3) is 6.08 Å². The number of carbonyl (C=O) groups excluding carboxylic acids is 1. The predicted octanol–water partition coefficient (Wildman–Crippen LogP) is 5.53. The SMILES string of the molecule is CCOC(=O)C1=C(C)N=c2s/c(=C\c3ccc(Cl)cc3Cl)c(=O)n2[C@H]1c1ccccc1.ClCCl. The molecule has 1 atom stereocenters. The molecule has 0 fully saturated rings. The van der Waals surface area contributed by atoms with E-state index < -0.39 is 12.0 Å². The summed E-state index contributed by atoms with van der Waals surface area (Å²) in [4.78, 5) is 31.3. The number of hydrogen-bond acceptors (Lipinski definition) is 5. The van der Waals surface area contributed by atoms with E-state index in [-0.39, 0.29) is 17.5 Å². The van der Waals surface area contributed by atoms with E-state index in [0.29, 0.717) is 36.2 Å². The van der Waals surface area contributed by atoms with Crippen molar-refractivity contribution < 1.29 is 9.53 Å². The Morgan fingerprint density at radius 3 is 2.47 bits per heavy atom. The first-order chi connectivity index (χ1) is 16.3. The van der Waals surface area contributed by atoms with Gasteiger partial charge in [0.25, 0.3) is 5.56 Å². The predicted molar refractivity (Wildman–Crippen MR) is 140 cm³/mol. The second kappa shape index (κ2) is 12.0. The van der Waals surface area contributed by atoms with Crippen LogP contribution in [0.2, 0.25) is 10.0 Å². The molecule has 2 aromatic carbocycles. The number of ether oxygens (including phenoxy) is 1. The summed E-state index contributed by atoms with van der Waals surface area (Å²) >= 11 is 23.1. The molecule has 0 unspecified atom stereocenters. The average molecular weight is 558 g/mol. The number of rotatable bonds is 4. The maximum absolute atomic E-state index is 13.5. The molecule has 0 saturated carbocycles. The van der Waals surface area contributed by atoms with Crippen LogP contribution in [-0.4, -0.2) is 22.5 Å². The number of esters is 1. The third-order valence-corrected chi connectivity index (χ3v) is 6.43. The molecular formula is C24H20Cl4N2O3S. The number of hydrogen-bond donors (Lipinski definition) is 0. The van der Waals surface area contributed by atoms with Crippen LogP contribution in [0, 0.1) is 0 Å². The van der Waals surface area contributed by atoms with Crippen molar-refractivity contribution >= 4 is 69.8 Å². The molecule has 0 radical (unpaired) electrons. The van der Waals surface area contributed by atoms with E-state index in [1.54, 1.807) is 42.7 Å². The maximum Gasteiger partial charge on any atom is 0.338 e. The number of thiazole rings is 1. The van der Waals surface area contributed by atoms with Crippen LogP contribution in [0.4, 0.5) is 0 Å². The minimum Gasteiger partial charge on any atom is -0.463 e. The monoisotopic (exact) mass is 556 g/mol. The van der Waals surface area contributed by atoms with Crippen LogP contribution < -0.4 is 14.9 Å². The van der Waals surface area contributed by atoms with Crippen molar-refractivity contribution in [2.45, 2.75) is 19.9 Å². The highest BCUT2D eigenvalue weighted by Crippen LogP contribution is 2.30. The molecule has 0 saturated heterocycles.